The van der Waals surface area contributed by atoms with E-state index in [4.69, 9.17) is 23.7 Å². The summed E-state index contributed by atoms with van der Waals surface area (Å²) < 4.78 is 26.1. The molecule has 11 nitrogen and oxygen atoms in total. The summed E-state index contributed by atoms with van der Waals surface area (Å²) >= 11 is 0. The second-order valence-corrected chi connectivity index (χ2v) is 6.72. The van der Waals surface area contributed by atoms with Crippen molar-refractivity contribution in [3.05, 3.63) is 35.9 Å². The Hall–Kier alpha value is -3.18. The molecule has 1 fully saturated rings. The Kier molecular flexibility index (Phi) is 8.76. The van der Waals surface area contributed by atoms with Crippen molar-refractivity contribution < 1.29 is 48.0 Å². The van der Waals surface area contributed by atoms with Crippen molar-refractivity contribution in [1.29, 1.82) is 0 Å². The van der Waals surface area contributed by atoms with Crippen LogP contribution in [0.1, 0.15) is 26.3 Å². The molecule has 31 heavy (non-hydrogen) atoms. The van der Waals surface area contributed by atoms with Crippen molar-refractivity contribution in [2.45, 2.75) is 58.0 Å². The molecule has 2 N–H and O–H groups in total. The monoisotopic (exact) mass is 439 g/mol. The summed E-state index contributed by atoms with van der Waals surface area (Å²) in [6, 6.07) is 7.78. The molecule has 0 spiro atoms. The van der Waals surface area contributed by atoms with E-state index in [0.29, 0.717) is 0 Å². The smallest absolute Gasteiger partial charge is 0.407 e. The second-order valence-electron chi connectivity index (χ2n) is 6.72. The first-order valence-corrected chi connectivity index (χ1v) is 9.46. The average molecular weight is 439 g/mol. The summed E-state index contributed by atoms with van der Waals surface area (Å²) in [6.45, 7) is 2.70. The Morgan fingerprint density at radius 1 is 0.968 bits per heavy atom. The van der Waals surface area contributed by atoms with Crippen molar-refractivity contribution in [1.82, 2.24) is 5.32 Å². The third-order valence-electron chi connectivity index (χ3n) is 4.20. The van der Waals surface area contributed by atoms with Gasteiger partial charge >= 0.3 is 24.0 Å². The summed E-state index contributed by atoms with van der Waals surface area (Å²) in [5.74, 6) is -2.21. The number of esters is 3. The molecule has 0 radical (unpaired) electrons. The van der Waals surface area contributed by atoms with Gasteiger partial charge in [0, 0.05) is 20.8 Å². The minimum absolute atomic E-state index is 0.0180. The van der Waals surface area contributed by atoms with Crippen LogP contribution >= 0.6 is 0 Å². The van der Waals surface area contributed by atoms with Gasteiger partial charge in [0.1, 0.15) is 12.7 Å². The lowest BCUT2D eigenvalue weighted by Gasteiger charge is -2.27. The highest BCUT2D eigenvalue weighted by atomic mass is 16.7. The van der Waals surface area contributed by atoms with Gasteiger partial charge in [-0.3, -0.25) is 14.4 Å². The molecule has 2 rings (SSSR count). The van der Waals surface area contributed by atoms with Crippen molar-refractivity contribution in [3.63, 3.8) is 0 Å². The Morgan fingerprint density at radius 3 is 2.10 bits per heavy atom. The number of rotatable bonds is 8. The van der Waals surface area contributed by atoms with Crippen LogP contribution in [-0.4, -0.2) is 66.4 Å². The highest BCUT2D eigenvalue weighted by Crippen LogP contribution is 2.30. The van der Waals surface area contributed by atoms with Crippen LogP contribution in [0.2, 0.25) is 0 Å². The molecule has 170 valence electrons. The van der Waals surface area contributed by atoms with E-state index in [1.807, 2.05) is 6.07 Å². The van der Waals surface area contributed by atoms with Gasteiger partial charge in [0.15, 0.2) is 6.10 Å². The van der Waals surface area contributed by atoms with Crippen LogP contribution < -0.4 is 5.32 Å². The zero-order valence-corrected chi connectivity index (χ0v) is 17.3. The van der Waals surface area contributed by atoms with E-state index in [0.717, 1.165) is 26.3 Å². The van der Waals surface area contributed by atoms with Crippen molar-refractivity contribution in [3.8, 4) is 0 Å². The predicted octanol–water partition coefficient (Wildman–Crippen LogP) is 0.425. The molecule has 1 aromatic carbocycles. The van der Waals surface area contributed by atoms with Crippen LogP contribution in [-0.2, 0) is 44.7 Å². The maximum absolute atomic E-state index is 12.2. The standard InChI is InChI=1S/C20H25NO10/c1-11(23)28-17-16(31-19(30-13(3)25)18(17)29-12(2)24)15(9-22)21-20(26)27-10-14-7-5-4-6-8-14/h4-8,15-19,22H,9-10H2,1-3H3,(H,21,26)/t15-,16-,17-,18-,19?/m1/s1. The Balaban J connectivity index is 2.14. The molecule has 0 aliphatic carbocycles. The van der Waals surface area contributed by atoms with Crippen LogP contribution in [0.15, 0.2) is 30.3 Å². The number of aliphatic hydroxyl groups excluding tert-OH is 1. The molecular weight excluding hydrogens is 414 g/mol. The van der Waals surface area contributed by atoms with Crippen molar-refractivity contribution in [2.75, 3.05) is 6.61 Å². The van der Waals surface area contributed by atoms with Gasteiger partial charge in [-0.15, -0.1) is 0 Å². The maximum Gasteiger partial charge on any atom is 0.407 e. The van der Waals surface area contributed by atoms with Crippen LogP contribution in [0.3, 0.4) is 0 Å². The Morgan fingerprint density at radius 2 is 1.55 bits per heavy atom. The van der Waals surface area contributed by atoms with E-state index in [2.05, 4.69) is 5.32 Å². The SMILES string of the molecule is CC(=O)OC1O[C@H]([C@@H](CO)NC(=O)OCc2ccccc2)[C@@H](OC(C)=O)[C@H]1OC(C)=O. The van der Waals surface area contributed by atoms with Crippen LogP contribution in [0.4, 0.5) is 4.79 Å². The molecule has 0 saturated carbocycles. The molecule has 0 aromatic heterocycles. The number of aliphatic hydroxyl groups is 1. The first kappa shape index (κ1) is 24.1. The number of carbonyl (C=O) groups is 4. The molecule has 1 heterocycles. The van der Waals surface area contributed by atoms with E-state index in [-0.39, 0.29) is 6.61 Å². The molecule has 1 aliphatic rings. The van der Waals surface area contributed by atoms with Gasteiger partial charge in [-0.1, -0.05) is 30.3 Å². The largest absolute Gasteiger partial charge is 0.455 e. The fourth-order valence-corrected chi connectivity index (χ4v) is 3.02. The summed E-state index contributed by atoms with van der Waals surface area (Å²) in [5.41, 5.74) is 0.748. The number of hydrogen-bond acceptors (Lipinski definition) is 10. The third kappa shape index (κ3) is 7.23. The molecule has 5 atom stereocenters. The van der Waals surface area contributed by atoms with Crippen LogP contribution in [0.25, 0.3) is 0 Å². The van der Waals surface area contributed by atoms with E-state index in [9.17, 15) is 24.3 Å². The number of amides is 1. The molecule has 1 aliphatic heterocycles. The molecular formula is C20H25NO10. The van der Waals surface area contributed by atoms with Gasteiger partial charge in [0.05, 0.1) is 12.6 Å². The van der Waals surface area contributed by atoms with E-state index < -0.39 is 61.3 Å². The maximum atomic E-state index is 12.2. The van der Waals surface area contributed by atoms with Gasteiger partial charge in [-0.2, -0.15) is 0 Å². The number of nitrogens with one attached hydrogen (secondary N) is 1. The van der Waals surface area contributed by atoms with Gasteiger partial charge in [-0.25, -0.2) is 4.79 Å². The quantitative estimate of drug-likeness (QED) is 0.431. The summed E-state index contributed by atoms with van der Waals surface area (Å²) in [7, 11) is 0. The minimum atomic E-state index is -1.41. The zero-order chi connectivity index (χ0) is 23.0. The molecule has 1 unspecified atom stereocenters. The van der Waals surface area contributed by atoms with Crippen molar-refractivity contribution >= 4 is 24.0 Å². The van der Waals surface area contributed by atoms with Crippen LogP contribution in [0.5, 0.6) is 0 Å². The van der Waals surface area contributed by atoms with E-state index >= 15 is 0 Å². The lowest BCUT2D eigenvalue weighted by Crippen LogP contribution is -2.52. The third-order valence-corrected chi connectivity index (χ3v) is 4.20. The van der Waals surface area contributed by atoms with Crippen LogP contribution in [0, 0.1) is 0 Å². The molecule has 1 aromatic rings. The second kappa shape index (κ2) is 11.3. The lowest BCUT2D eigenvalue weighted by atomic mass is 10.0. The van der Waals surface area contributed by atoms with Gasteiger partial charge in [-0.05, 0) is 5.56 Å². The normalized spacial score (nSPS) is 23.4. The van der Waals surface area contributed by atoms with E-state index in [1.165, 1.54) is 0 Å². The average Bonchev–Trinajstić information content (AvgIpc) is 3.00. The Labute approximate surface area is 178 Å². The molecule has 11 heteroatoms. The Bertz CT molecular complexity index is 783. The van der Waals surface area contributed by atoms with Gasteiger partial charge in [0.2, 0.25) is 12.4 Å². The fourth-order valence-electron chi connectivity index (χ4n) is 3.02. The zero-order valence-electron chi connectivity index (χ0n) is 17.3. The summed E-state index contributed by atoms with van der Waals surface area (Å²) in [4.78, 5) is 46.7. The van der Waals surface area contributed by atoms with E-state index in [1.54, 1.807) is 24.3 Å². The number of ether oxygens (including phenoxy) is 5. The first-order valence-electron chi connectivity index (χ1n) is 9.46. The van der Waals surface area contributed by atoms with Gasteiger partial charge < -0.3 is 34.1 Å². The minimum Gasteiger partial charge on any atom is -0.455 e. The number of alkyl carbamates (subject to hydrolysis) is 1. The number of hydrogen-bond donors (Lipinski definition) is 2. The number of carbonyl (C=O) groups excluding carboxylic acids is 4. The molecule has 0 bridgehead atoms. The van der Waals surface area contributed by atoms with Gasteiger partial charge in [0.25, 0.3) is 0 Å². The highest BCUT2D eigenvalue weighted by molar-refractivity contribution is 5.69. The lowest BCUT2D eigenvalue weighted by molar-refractivity contribution is -0.196. The molecule has 1 saturated heterocycles. The summed E-state index contributed by atoms with van der Waals surface area (Å²) in [5, 5.41) is 12.2. The highest BCUT2D eigenvalue weighted by Gasteiger charge is 2.54. The summed E-state index contributed by atoms with van der Waals surface area (Å²) in [6.07, 6.45) is -6.05. The topological polar surface area (TPSA) is 147 Å². The fraction of sp³-hybridized carbons (Fsp3) is 0.500. The predicted molar refractivity (Wildman–Crippen MR) is 102 cm³/mol. The molecule has 1 amide bonds. The number of benzene rings is 1. The first-order chi connectivity index (χ1) is 14.7. The van der Waals surface area contributed by atoms with Crippen molar-refractivity contribution in [2.24, 2.45) is 0 Å².